The lowest BCUT2D eigenvalue weighted by molar-refractivity contribution is 0.0736. The number of rotatable bonds is 7. The van der Waals surface area contributed by atoms with Crippen molar-refractivity contribution >= 4 is 28.8 Å². The molecule has 1 unspecified atom stereocenters. The molecule has 8 heteroatoms. The summed E-state index contributed by atoms with van der Waals surface area (Å²) in [6.45, 7) is 5.84. The summed E-state index contributed by atoms with van der Waals surface area (Å²) < 4.78 is 0. The normalized spacial score (nSPS) is 17.8. The quantitative estimate of drug-likeness (QED) is 0.490. The summed E-state index contributed by atoms with van der Waals surface area (Å²) in [4.78, 5) is 34.2. The van der Waals surface area contributed by atoms with E-state index in [1.54, 1.807) is 0 Å². The zero-order valence-electron chi connectivity index (χ0n) is 21.6. The number of nitrogens with one attached hydrogen (secondary N) is 1. The Morgan fingerprint density at radius 1 is 0.921 bits per heavy atom. The topological polar surface area (TPSA) is 76.1 Å². The minimum atomic E-state index is -0.626. The van der Waals surface area contributed by atoms with E-state index >= 15 is 0 Å². The van der Waals surface area contributed by atoms with Gasteiger partial charge in [0.25, 0.3) is 11.8 Å². The molecule has 4 heterocycles. The van der Waals surface area contributed by atoms with Crippen molar-refractivity contribution in [3.8, 4) is 0 Å². The molecule has 1 aromatic heterocycles. The molecule has 6 rings (SSSR count). The number of amides is 2. The number of aliphatic hydroxyl groups is 1. The Bertz CT molecular complexity index is 1320. The molecule has 2 N–H and O–H groups in total. The van der Waals surface area contributed by atoms with E-state index in [4.69, 9.17) is 0 Å². The van der Waals surface area contributed by atoms with E-state index in [2.05, 4.69) is 39.4 Å². The van der Waals surface area contributed by atoms with Gasteiger partial charge in [-0.15, -0.1) is 11.3 Å². The maximum Gasteiger partial charge on any atom is 0.261 e. The molecule has 38 heavy (non-hydrogen) atoms. The van der Waals surface area contributed by atoms with Crippen LogP contribution < -0.4 is 10.2 Å². The number of nitrogens with zero attached hydrogens (tertiary/aromatic N) is 3. The van der Waals surface area contributed by atoms with Gasteiger partial charge in [0, 0.05) is 68.5 Å². The maximum atomic E-state index is 13.1. The second kappa shape index (κ2) is 10.9. The number of carbonyl (C=O) groups excluding carboxylic acids is 2. The molecule has 0 saturated carbocycles. The molecule has 1 fully saturated rings. The lowest BCUT2D eigenvalue weighted by Crippen LogP contribution is -2.41. The van der Waals surface area contributed by atoms with Gasteiger partial charge in [0.1, 0.15) is 0 Å². The van der Waals surface area contributed by atoms with Gasteiger partial charge in [-0.2, -0.15) is 0 Å². The summed E-state index contributed by atoms with van der Waals surface area (Å²) in [6.07, 6.45) is 2.34. The number of hydrogen-bond donors (Lipinski definition) is 2. The summed E-state index contributed by atoms with van der Waals surface area (Å²) in [6, 6.07) is 18.3. The standard InChI is InChI=1S/C30H34N4O3S/c35-26(20-32-14-10-21-4-1-2-5-23(21)18-32)17-31-29(36)28-16-24-19-34(15-11-27(24)38-28)30(37)22-6-8-25(9-7-22)33-12-3-13-33/h1-2,4-9,16,26,35H,3,10-15,17-20H2,(H,31,36). The van der Waals surface area contributed by atoms with Crippen molar-refractivity contribution in [1.82, 2.24) is 15.1 Å². The number of fused-ring (bicyclic) bond motifs is 2. The van der Waals surface area contributed by atoms with Crippen LogP contribution in [0.3, 0.4) is 0 Å². The summed E-state index contributed by atoms with van der Waals surface area (Å²) in [5.41, 5.74) is 5.62. The molecule has 3 aromatic rings. The van der Waals surface area contributed by atoms with Crippen LogP contribution in [0.4, 0.5) is 5.69 Å². The smallest absolute Gasteiger partial charge is 0.261 e. The monoisotopic (exact) mass is 530 g/mol. The fourth-order valence-electron chi connectivity index (χ4n) is 5.56. The molecule has 1 saturated heterocycles. The third-order valence-corrected chi connectivity index (χ3v) is 9.13. The van der Waals surface area contributed by atoms with E-state index in [1.165, 1.54) is 39.4 Å². The third kappa shape index (κ3) is 5.34. The molecule has 0 radical (unpaired) electrons. The summed E-state index contributed by atoms with van der Waals surface area (Å²) >= 11 is 1.50. The molecule has 3 aliphatic rings. The third-order valence-electron chi connectivity index (χ3n) is 7.89. The maximum absolute atomic E-state index is 13.1. The van der Waals surface area contributed by atoms with Crippen LogP contribution in [-0.2, 0) is 25.9 Å². The fourth-order valence-corrected chi connectivity index (χ4v) is 6.64. The molecule has 0 bridgehead atoms. The Labute approximate surface area is 227 Å². The number of benzene rings is 2. The summed E-state index contributed by atoms with van der Waals surface area (Å²) in [7, 11) is 0. The highest BCUT2D eigenvalue weighted by Gasteiger charge is 2.26. The molecule has 0 aliphatic carbocycles. The lowest BCUT2D eigenvalue weighted by Gasteiger charge is -2.33. The van der Waals surface area contributed by atoms with Crippen molar-refractivity contribution in [2.45, 2.75) is 38.5 Å². The van der Waals surface area contributed by atoms with Crippen LogP contribution in [0.1, 0.15) is 48.0 Å². The minimum absolute atomic E-state index is 0.0338. The first-order valence-electron chi connectivity index (χ1n) is 13.5. The Morgan fingerprint density at radius 3 is 2.47 bits per heavy atom. The highest BCUT2D eigenvalue weighted by atomic mass is 32.1. The van der Waals surface area contributed by atoms with Crippen molar-refractivity contribution in [3.05, 3.63) is 86.6 Å². The molecule has 1 atom stereocenters. The van der Waals surface area contributed by atoms with Gasteiger partial charge in [-0.3, -0.25) is 14.5 Å². The first-order chi connectivity index (χ1) is 18.5. The predicted molar refractivity (Wildman–Crippen MR) is 150 cm³/mol. The Hall–Kier alpha value is -3.20. The number of anilines is 1. The van der Waals surface area contributed by atoms with Gasteiger partial charge in [-0.05, 0) is 66.3 Å². The van der Waals surface area contributed by atoms with Crippen LogP contribution in [0.15, 0.2) is 54.6 Å². The molecule has 2 aromatic carbocycles. The fraction of sp³-hybridized carbons (Fsp3) is 0.400. The van der Waals surface area contributed by atoms with Crippen LogP contribution in [0.25, 0.3) is 0 Å². The van der Waals surface area contributed by atoms with Gasteiger partial charge in [-0.1, -0.05) is 24.3 Å². The van der Waals surface area contributed by atoms with E-state index in [-0.39, 0.29) is 18.4 Å². The van der Waals surface area contributed by atoms with Gasteiger partial charge in [0.2, 0.25) is 0 Å². The van der Waals surface area contributed by atoms with Gasteiger partial charge in [-0.25, -0.2) is 0 Å². The zero-order chi connectivity index (χ0) is 26.1. The van der Waals surface area contributed by atoms with Crippen LogP contribution in [0.2, 0.25) is 0 Å². The van der Waals surface area contributed by atoms with Gasteiger partial charge in [0.15, 0.2) is 0 Å². The Kier molecular flexibility index (Phi) is 7.19. The number of aliphatic hydroxyl groups excluding tert-OH is 1. The van der Waals surface area contributed by atoms with Crippen LogP contribution in [0.5, 0.6) is 0 Å². The average molecular weight is 531 g/mol. The summed E-state index contributed by atoms with van der Waals surface area (Å²) in [5.74, 6) is -0.127. The second-order valence-corrected chi connectivity index (χ2v) is 11.7. The number of hydrogen-bond acceptors (Lipinski definition) is 6. The zero-order valence-corrected chi connectivity index (χ0v) is 22.4. The summed E-state index contributed by atoms with van der Waals surface area (Å²) in [5, 5.41) is 13.5. The SMILES string of the molecule is O=C(NCC(O)CN1CCc2ccccc2C1)c1cc2c(s1)CCN(C(=O)c1ccc(N3CCC3)cc1)C2. The second-order valence-electron chi connectivity index (χ2n) is 10.5. The van der Waals surface area contributed by atoms with Crippen molar-refractivity contribution in [1.29, 1.82) is 0 Å². The Balaban J connectivity index is 1.00. The van der Waals surface area contributed by atoms with Crippen LogP contribution in [0, 0.1) is 0 Å². The van der Waals surface area contributed by atoms with Crippen molar-refractivity contribution in [2.75, 3.05) is 44.2 Å². The largest absolute Gasteiger partial charge is 0.390 e. The first-order valence-corrected chi connectivity index (χ1v) is 14.4. The van der Waals surface area contributed by atoms with Crippen LogP contribution >= 0.6 is 11.3 Å². The molecular formula is C30H34N4O3S. The molecule has 7 nitrogen and oxygen atoms in total. The molecule has 198 valence electrons. The van der Waals surface area contributed by atoms with Gasteiger partial charge < -0.3 is 20.2 Å². The van der Waals surface area contributed by atoms with Crippen LogP contribution in [-0.4, -0.2) is 72.1 Å². The molecule has 0 spiro atoms. The Morgan fingerprint density at radius 2 is 1.71 bits per heavy atom. The number of carbonyl (C=O) groups is 2. The molecule has 2 amide bonds. The number of β-amino-alcohol motifs (C(OH)–C–C–N with tert-alkyl or cyclic N) is 1. The first kappa shape index (κ1) is 25.1. The molecular weight excluding hydrogens is 496 g/mol. The van der Waals surface area contributed by atoms with E-state index in [9.17, 15) is 14.7 Å². The van der Waals surface area contributed by atoms with E-state index < -0.39 is 6.10 Å². The predicted octanol–water partition coefficient (Wildman–Crippen LogP) is 3.31. The lowest BCUT2D eigenvalue weighted by atomic mass is 10.00. The highest BCUT2D eigenvalue weighted by molar-refractivity contribution is 7.14. The highest BCUT2D eigenvalue weighted by Crippen LogP contribution is 2.29. The van der Waals surface area contributed by atoms with E-state index in [1.807, 2.05) is 35.2 Å². The minimum Gasteiger partial charge on any atom is -0.390 e. The number of thiophene rings is 1. The average Bonchev–Trinajstić information content (AvgIpc) is 3.34. The van der Waals surface area contributed by atoms with Gasteiger partial charge in [0.05, 0.1) is 11.0 Å². The van der Waals surface area contributed by atoms with Crippen molar-refractivity contribution < 1.29 is 14.7 Å². The van der Waals surface area contributed by atoms with E-state index in [0.717, 1.165) is 44.6 Å². The van der Waals surface area contributed by atoms with Gasteiger partial charge >= 0.3 is 0 Å². The van der Waals surface area contributed by atoms with Crippen molar-refractivity contribution in [2.24, 2.45) is 0 Å². The van der Waals surface area contributed by atoms with E-state index in [0.29, 0.717) is 30.1 Å². The molecule has 3 aliphatic heterocycles. The van der Waals surface area contributed by atoms with Crippen molar-refractivity contribution in [3.63, 3.8) is 0 Å².